The molecule has 1 aromatic heterocycles. The van der Waals surface area contributed by atoms with E-state index in [-0.39, 0.29) is 5.78 Å². The number of furan rings is 1. The molecular formula is C18H15NO2. The van der Waals surface area contributed by atoms with Crippen LogP contribution in [0.5, 0.6) is 0 Å². The quantitative estimate of drug-likeness (QED) is 0.742. The summed E-state index contributed by atoms with van der Waals surface area (Å²) in [7, 11) is 0. The van der Waals surface area contributed by atoms with Gasteiger partial charge in [0.1, 0.15) is 11.2 Å². The zero-order chi connectivity index (χ0) is 14.2. The molecule has 0 radical (unpaired) electrons. The number of carbonyl (C=O) groups excluding carboxylic acids is 1. The fourth-order valence-corrected chi connectivity index (χ4v) is 2.88. The largest absolute Gasteiger partial charge is 0.456 e. The van der Waals surface area contributed by atoms with Gasteiger partial charge in [0, 0.05) is 40.7 Å². The van der Waals surface area contributed by atoms with Crippen molar-refractivity contribution in [3.05, 3.63) is 54.2 Å². The molecule has 0 unspecified atom stereocenters. The fraction of sp³-hybridized carbons (Fsp3) is 0.167. The smallest absolute Gasteiger partial charge is 0.157 e. The summed E-state index contributed by atoms with van der Waals surface area (Å²) in [5.41, 5.74) is 3.71. The van der Waals surface area contributed by atoms with E-state index in [1.807, 2.05) is 30.3 Å². The minimum absolute atomic E-state index is 0.202. The van der Waals surface area contributed by atoms with Gasteiger partial charge in [-0.3, -0.25) is 4.79 Å². The van der Waals surface area contributed by atoms with Gasteiger partial charge in [0.2, 0.25) is 0 Å². The molecule has 1 aliphatic rings. The van der Waals surface area contributed by atoms with E-state index in [1.54, 1.807) is 6.08 Å². The van der Waals surface area contributed by atoms with Gasteiger partial charge >= 0.3 is 0 Å². The lowest BCUT2D eigenvalue weighted by molar-refractivity contribution is -0.115. The average Bonchev–Trinajstić information content (AvgIpc) is 2.85. The summed E-state index contributed by atoms with van der Waals surface area (Å²) in [6.07, 6.45) is 4.22. The van der Waals surface area contributed by atoms with E-state index in [4.69, 9.17) is 4.42 Å². The molecule has 0 fully saturated rings. The SMILES string of the molecule is O=C1C=C(Nc2ccc3c(c2)oc2ccccc23)CCC1. The predicted molar refractivity (Wildman–Crippen MR) is 84.3 cm³/mol. The van der Waals surface area contributed by atoms with Crippen molar-refractivity contribution >= 4 is 33.4 Å². The third-order valence-electron chi connectivity index (χ3n) is 3.89. The zero-order valence-corrected chi connectivity index (χ0v) is 11.6. The first-order chi connectivity index (χ1) is 10.3. The summed E-state index contributed by atoms with van der Waals surface area (Å²) in [6, 6.07) is 14.1. The van der Waals surface area contributed by atoms with Crippen molar-refractivity contribution in [1.29, 1.82) is 0 Å². The summed E-state index contributed by atoms with van der Waals surface area (Å²) >= 11 is 0. The second-order valence-corrected chi connectivity index (χ2v) is 5.42. The predicted octanol–water partition coefficient (Wildman–Crippen LogP) is 4.63. The van der Waals surface area contributed by atoms with Crippen LogP contribution < -0.4 is 5.32 Å². The molecule has 2 aromatic carbocycles. The number of rotatable bonds is 2. The number of hydrogen-bond donors (Lipinski definition) is 1. The van der Waals surface area contributed by atoms with E-state index in [1.165, 1.54) is 0 Å². The van der Waals surface area contributed by atoms with Gasteiger partial charge in [-0.15, -0.1) is 0 Å². The van der Waals surface area contributed by atoms with Gasteiger partial charge in [0.05, 0.1) is 0 Å². The number of carbonyl (C=O) groups is 1. The van der Waals surface area contributed by atoms with E-state index >= 15 is 0 Å². The minimum atomic E-state index is 0.202. The Hall–Kier alpha value is -2.55. The average molecular weight is 277 g/mol. The molecule has 0 saturated heterocycles. The Morgan fingerprint density at radius 3 is 2.71 bits per heavy atom. The summed E-state index contributed by atoms with van der Waals surface area (Å²) in [4.78, 5) is 11.5. The summed E-state index contributed by atoms with van der Waals surface area (Å²) in [6.45, 7) is 0. The van der Waals surface area contributed by atoms with Crippen LogP contribution in [0.15, 0.2) is 58.7 Å². The van der Waals surface area contributed by atoms with Crippen LogP contribution in [-0.4, -0.2) is 5.78 Å². The highest BCUT2D eigenvalue weighted by Crippen LogP contribution is 2.31. The molecule has 0 amide bonds. The molecule has 0 bridgehead atoms. The summed E-state index contributed by atoms with van der Waals surface area (Å²) in [5, 5.41) is 5.57. The van der Waals surface area contributed by atoms with Crippen LogP contribution >= 0.6 is 0 Å². The van der Waals surface area contributed by atoms with Crippen LogP contribution in [0.25, 0.3) is 21.9 Å². The Kier molecular flexibility index (Phi) is 2.78. The van der Waals surface area contributed by atoms with Gasteiger partial charge in [-0.05, 0) is 31.0 Å². The molecule has 3 aromatic rings. The third kappa shape index (κ3) is 2.21. The molecule has 0 aliphatic heterocycles. The van der Waals surface area contributed by atoms with Gasteiger partial charge in [-0.25, -0.2) is 0 Å². The second kappa shape index (κ2) is 4.77. The molecular weight excluding hydrogens is 262 g/mol. The van der Waals surface area contributed by atoms with Crippen LogP contribution in [0.4, 0.5) is 5.69 Å². The lowest BCUT2D eigenvalue weighted by Gasteiger charge is -2.14. The highest BCUT2D eigenvalue weighted by atomic mass is 16.3. The van der Waals surface area contributed by atoms with Gasteiger partial charge in [0.25, 0.3) is 0 Å². The first-order valence-corrected chi connectivity index (χ1v) is 7.21. The zero-order valence-electron chi connectivity index (χ0n) is 11.6. The van der Waals surface area contributed by atoms with Crippen LogP contribution in [0.3, 0.4) is 0 Å². The third-order valence-corrected chi connectivity index (χ3v) is 3.89. The molecule has 104 valence electrons. The lowest BCUT2D eigenvalue weighted by atomic mass is 10.0. The summed E-state index contributed by atoms with van der Waals surface area (Å²) in [5.74, 6) is 0.202. The van der Waals surface area contributed by atoms with Crippen molar-refractivity contribution < 1.29 is 9.21 Å². The van der Waals surface area contributed by atoms with E-state index in [2.05, 4.69) is 17.4 Å². The summed E-state index contributed by atoms with van der Waals surface area (Å²) < 4.78 is 5.88. The number of para-hydroxylation sites is 1. The van der Waals surface area contributed by atoms with Gasteiger partial charge in [0.15, 0.2) is 5.78 Å². The van der Waals surface area contributed by atoms with Gasteiger partial charge < -0.3 is 9.73 Å². The highest BCUT2D eigenvalue weighted by molar-refractivity contribution is 6.05. The first kappa shape index (κ1) is 12.2. The maximum Gasteiger partial charge on any atom is 0.157 e. The molecule has 1 aliphatic carbocycles. The highest BCUT2D eigenvalue weighted by Gasteiger charge is 2.11. The molecule has 3 heteroatoms. The number of hydrogen-bond acceptors (Lipinski definition) is 3. The fourth-order valence-electron chi connectivity index (χ4n) is 2.88. The van der Waals surface area contributed by atoms with Crippen LogP contribution in [-0.2, 0) is 4.79 Å². The number of benzene rings is 2. The first-order valence-electron chi connectivity index (χ1n) is 7.21. The van der Waals surface area contributed by atoms with Crippen molar-refractivity contribution in [2.24, 2.45) is 0 Å². The standard InChI is InChI=1S/C18H15NO2/c20-14-5-3-4-12(10-14)19-13-8-9-16-15-6-1-2-7-17(15)21-18(16)11-13/h1-2,6-11,19H,3-5H2. The lowest BCUT2D eigenvalue weighted by Crippen LogP contribution is -2.08. The Morgan fingerprint density at radius 2 is 1.81 bits per heavy atom. The van der Waals surface area contributed by atoms with E-state index in [0.29, 0.717) is 6.42 Å². The molecule has 0 saturated carbocycles. The Labute approximate surface area is 122 Å². The van der Waals surface area contributed by atoms with Crippen LogP contribution in [0.1, 0.15) is 19.3 Å². The molecule has 21 heavy (non-hydrogen) atoms. The maximum atomic E-state index is 11.5. The Morgan fingerprint density at radius 1 is 0.952 bits per heavy atom. The molecule has 1 heterocycles. The molecule has 1 N–H and O–H groups in total. The Balaban J connectivity index is 1.73. The van der Waals surface area contributed by atoms with Crippen LogP contribution in [0.2, 0.25) is 0 Å². The minimum Gasteiger partial charge on any atom is -0.456 e. The molecule has 0 atom stereocenters. The van der Waals surface area contributed by atoms with E-state index in [9.17, 15) is 4.79 Å². The van der Waals surface area contributed by atoms with Crippen molar-refractivity contribution in [2.75, 3.05) is 5.32 Å². The number of fused-ring (bicyclic) bond motifs is 3. The van der Waals surface area contributed by atoms with Crippen molar-refractivity contribution in [3.63, 3.8) is 0 Å². The van der Waals surface area contributed by atoms with Crippen LogP contribution in [0, 0.1) is 0 Å². The van der Waals surface area contributed by atoms with E-state index < -0.39 is 0 Å². The number of nitrogens with one attached hydrogen (secondary N) is 1. The van der Waals surface area contributed by atoms with Crippen molar-refractivity contribution in [3.8, 4) is 0 Å². The normalized spacial score (nSPS) is 15.4. The van der Waals surface area contributed by atoms with Gasteiger partial charge in [-0.1, -0.05) is 18.2 Å². The number of ketones is 1. The van der Waals surface area contributed by atoms with Crippen molar-refractivity contribution in [1.82, 2.24) is 0 Å². The maximum absolute atomic E-state index is 11.5. The topological polar surface area (TPSA) is 42.2 Å². The number of anilines is 1. The van der Waals surface area contributed by atoms with Crippen molar-refractivity contribution in [2.45, 2.75) is 19.3 Å². The second-order valence-electron chi connectivity index (χ2n) is 5.42. The molecule has 4 rings (SSSR count). The monoisotopic (exact) mass is 277 g/mol. The molecule has 0 spiro atoms. The van der Waals surface area contributed by atoms with Gasteiger partial charge in [-0.2, -0.15) is 0 Å². The Bertz CT molecular complexity index is 873. The molecule has 3 nitrogen and oxygen atoms in total. The van der Waals surface area contributed by atoms with E-state index in [0.717, 1.165) is 46.2 Å². The number of allylic oxidation sites excluding steroid dienone is 2.